The minimum atomic E-state index is -3.40. The van der Waals surface area contributed by atoms with Gasteiger partial charge in [0.1, 0.15) is 0 Å². The molecule has 0 fully saturated rings. The summed E-state index contributed by atoms with van der Waals surface area (Å²) < 4.78 is 23.3. The summed E-state index contributed by atoms with van der Waals surface area (Å²) in [7, 11) is -3.40. The SMILES string of the molecule is CCCCC[C@H](C)NC(=O)c1ccccc1S(C)(=O)=O. The molecule has 0 radical (unpaired) electrons. The van der Waals surface area contributed by atoms with E-state index in [1.807, 2.05) is 6.92 Å². The smallest absolute Gasteiger partial charge is 0.252 e. The number of amides is 1. The average molecular weight is 297 g/mol. The number of rotatable bonds is 7. The first kappa shape index (κ1) is 16.7. The molecule has 5 heteroatoms. The van der Waals surface area contributed by atoms with Crippen molar-refractivity contribution in [2.24, 2.45) is 0 Å². The Bertz CT molecular complexity index is 552. The van der Waals surface area contributed by atoms with Crippen molar-refractivity contribution in [3.63, 3.8) is 0 Å². The maximum atomic E-state index is 12.2. The van der Waals surface area contributed by atoms with Crippen molar-refractivity contribution >= 4 is 15.7 Å². The zero-order valence-corrected chi connectivity index (χ0v) is 13.2. The molecule has 0 aromatic heterocycles. The van der Waals surface area contributed by atoms with Crippen molar-refractivity contribution < 1.29 is 13.2 Å². The van der Waals surface area contributed by atoms with Crippen molar-refractivity contribution in [1.82, 2.24) is 5.32 Å². The number of hydrogen-bond acceptors (Lipinski definition) is 3. The van der Waals surface area contributed by atoms with Gasteiger partial charge in [-0.3, -0.25) is 4.79 Å². The summed E-state index contributed by atoms with van der Waals surface area (Å²) in [6.07, 6.45) is 5.35. The molecule has 0 aliphatic heterocycles. The Hall–Kier alpha value is -1.36. The number of sulfone groups is 1. The standard InChI is InChI=1S/C15H23NO3S/c1-4-5-6-9-12(2)16-15(17)13-10-7-8-11-14(13)20(3,18)19/h7-8,10-12H,4-6,9H2,1-3H3,(H,16,17)/t12-/m0/s1. The molecule has 1 aromatic rings. The van der Waals surface area contributed by atoms with Crippen LogP contribution < -0.4 is 5.32 Å². The van der Waals surface area contributed by atoms with E-state index in [1.54, 1.807) is 18.2 Å². The van der Waals surface area contributed by atoms with Gasteiger partial charge in [0.25, 0.3) is 5.91 Å². The van der Waals surface area contributed by atoms with Gasteiger partial charge in [-0.15, -0.1) is 0 Å². The highest BCUT2D eigenvalue weighted by molar-refractivity contribution is 7.90. The van der Waals surface area contributed by atoms with Crippen LogP contribution in [0.1, 0.15) is 49.9 Å². The van der Waals surface area contributed by atoms with E-state index < -0.39 is 9.84 Å². The van der Waals surface area contributed by atoms with Crippen LogP contribution in [-0.2, 0) is 9.84 Å². The second kappa shape index (κ2) is 7.43. The van der Waals surface area contributed by atoms with Crippen molar-refractivity contribution in [3.05, 3.63) is 29.8 Å². The highest BCUT2D eigenvalue weighted by Crippen LogP contribution is 2.15. The van der Waals surface area contributed by atoms with Crippen LogP contribution in [0.25, 0.3) is 0 Å². The van der Waals surface area contributed by atoms with Gasteiger partial charge in [-0.1, -0.05) is 38.3 Å². The van der Waals surface area contributed by atoms with Crippen LogP contribution in [0.5, 0.6) is 0 Å². The van der Waals surface area contributed by atoms with Crippen molar-refractivity contribution in [2.75, 3.05) is 6.26 Å². The second-order valence-electron chi connectivity index (χ2n) is 5.14. The summed E-state index contributed by atoms with van der Waals surface area (Å²) in [5.41, 5.74) is 0.220. The Morgan fingerprint density at radius 3 is 2.50 bits per heavy atom. The number of nitrogens with one attached hydrogen (secondary N) is 1. The van der Waals surface area contributed by atoms with E-state index in [1.165, 1.54) is 6.07 Å². The maximum Gasteiger partial charge on any atom is 0.252 e. The number of unbranched alkanes of at least 4 members (excludes halogenated alkanes) is 2. The molecule has 0 spiro atoms. The van der Waals surface area contributed by atoms with Gasteiger partial charge in [-0.25, -0.2) is 8.42 Å². The Labute approximate surface area is 121 Å². The predicted molar refractivity (Wildman–Crippen MR) is 80.6 cm³/mol. The normalized spacial score (nSPS) is 12.9. The molecule has 112 valence electrons. The van der Waals surface area contributed by atoms with Gasteiger partial charge in [0.2, 0.25) is 0 Å². The molecule has 4 nitrogen and oxygen atoms in total. The number of carbonyl (C=O) groups is 1. The second-order valence-corrected chi connectivity index (χ2v) is 7.12. The molecule has 20 heavy (non-hydrogen) atoms. The summed E-state index contributed by atoms with van der Waals surface area (Å²) in [6.45, 7) is 4.07. The third-order valence-electron chi connectivity index (χ3n) is 3.15. The number of benzene rings is 1. The van der Waals surface area contributed by atoms with Crippen molar-refractivity contribution in [3.8, 4) is 0 Å². The fraction of sp³-hybridized carbons (Fsp3) is 0.533. The molecule has 1 aromatic carbocycles. The summed E-state index contributed by atoms with van der Waals surface area (Å²) in [5.74, 6) is -0.324. The lowest BCUT2D eigenvalue weighted by Gasteiger charge is -2.15. The van der Waals surface area contributed by atoms with E-state index in [-0.39, 0.29) is 22.4 Å². The fourth-order valence-corrected chi connectivity index (χ4v) is 2.94. The third kappa shape index (κ3) is 4.96. The van der Waals surface area contributed by atoms with Crippen LogP contribution >= 0.6 is 0 Å². The van der Waals surface area contributed by atoms with E-state index in [2.05, 4.69) is 12.2 Å². The topological polar surface area (TPSA) is 63.2 Å². The minimum Gasteiger partial charge on any atom is -0.350 e. The predicted octanol–water partition coefficient (Wildman–Crippen LogP) is 2.79. The average Bonchev–Trinajstić information content (AvgIpc) is 2.38. The monoisotopic (exact) mass is 297 g/mol. The van der Waals surface area contributed by atoms with E-state index in [9.17, 15) is 13.2 Å². The quantitative estimate of drug-likeness (QED) is 0.787. The zero-order chi connectivity index (χ0) is 15.2. The molecule has 1 rings (SSSR count). The first-order chi connectivity index (χ1) is 9.36. The van der Waals surface area contributed by atoms with Gasteiger partial charge >= 0.3 is 0 Å². The summed E-state index contributed by atoms with van der Waals surface area (Å²) in [5, 5.41) is 2.86. The Morgan fingerprint density at radius 1 is 1.25 bits per heavy atom. The lowest BCUT2D eigenvalue weighted by Crippen LogP contribution is -2.33. The summed E-state index contributed by atoms with van der Waals surface area (Å²) >= 11 is 0. The van der Waals surface area contributed by atoms with Gasteiger partial charge in [0.15, 0.2) is 9.84 Å². The van der Waals surface area contributed by atoms with E-state index in [4.69, 9.17) is 0 Å². The highest BCUT2D eigenvalue weighted by atomic mass is 32.2. The van der Waals surface area contributed by atoms with Crippen LogP contribution in [0.2, 0.25) is 0 Å². The minimum absolute atomic E-state index is 0.0432. The van der Waals surface area contributed by atoms with Crippen LogP contribution in [0.4, 0.5) is 0 Å². The molecule has 0 aliphatic carbocycles. The Kier molecular flexibility index (Phi) is 6.20. The highest BCUT2D eigenvalue weighted by Gasteiger charge is 2.19. The van der Waals surface area contributed by atoms with Crippen LogP contribution in [0.15, 0.2) is 29.2 Å². The molecule has 0 heterocycles. The zero-order valence-electron chi connectivity index (χ0n) is 12.3. The molecule has 1 amide bonds. The molecule has 0 saturated heterocycles. The number of carbonyl (C=O) groups excluding carboxylic acids is 1. The molecule has 0 aliphatic rings. The van der Waals surface area contributed by atoms with E-state index in [0.29, 0.717) is 0 Å². The largest absolute Gasteiger partial charge is 0.350 e. The summed E-state index contributed by atoms with van der Waals surface area (Å²) in [6, 6.07) is 6.35. The van der Waals surface area contributed by atoms with Gasteiger partial charge in [0, 0.05) is 12.3 Å². The van der Waals surface area contributed by atoms with Crippen LogP contribution in [0.3, 0.4) is 0 Å². The summed E-state index contributed by atoms with van der Waals surface area (Å²) in [4.78, 5) is 12.3. The molecular formula is C15H23NO3S. The fourth-order valence-electron chi connectivity index (χ4n) is 2.05. The molecular weight excluding hydrogens is 274 g/mol. The van der Waals surface area contributed by atoms with Crippen LogP contribution in [-0.4, -0.2) is 26.6 Å². The van der Waals surface area contributed by atoms with E-state index in [0.717, 1.165) is 31.9 Å². The molecule has 0 saturated carbocycles. The maximum absolute atomic E-state index is 12.2. The van der Waals surface area contributed by atoms with Gasteiger partial charge in [0.05, 0.1) is 10.5 Å². The van der Waals surface area contributed by atoms with Crippen molar-refractivity contribution in [2.45, 2.75) is 50.5 Å². The Morgan fingerprint density at radius 2 is 1.90 bits per heavy atom. The van der Waals surface area contributed by atoms with Gasteiger partial charge < -0.3 is 5.32 Å². The first-order valence-corrected chi connectivity index (χ1v) is 8.85. The van der Waals surface area contributed by atoms with E-state index >= 15 is 0 Å². The molecule has 1 N–H and O–H groups in total. The lowest BCUT2D eigenvalue weighted by molar-refractivity contribution is 0.0934. The Balaban J connectivity index is 2.78. The number of hydrogen-bond donors (Lipinski definition) is 1. The van der Waals surface area contributed by atoms with Gasteiger partial charge in [-0.2, -0.15) is 0 Å². The molecule has 1 atom stereocenters. The van der Waals surface area contributed by atoms with Crippen LogP contribution in [0, 0.1) is 0 Å². The molecule has 0 unspecified atom stereocenters. The van der Waals surface area contributed by atoms with Gasteiger partial charge in [-0.05, 0) is 25.5 Å². The first-order valence-electron chi connectivity index (χ1n) is 6.96. The lowest BCUT2D eigenvalue weighted by atomic mass is 10.1. The third-order valence-corrected chi connectivity index (χ3v) is 4.30. The van der Waals surface area contributed by atoms with Crippen molar-refractivity contribution in [1.29, 1.82) is 0 Å². The molecule has 0 bridgehead atoms.